The highest BCUT2D eigenvalue weighted by Crippen LogP contribution is 2.25. The maximum absolute atomic E-state index is 13.0. The number of nitro benzene ring substituents is 1. The molecule has 1 saturated heterocycles. The zero-order chi connectivity index (χ0) is 13.8. The number of benzene rings is 1. The van der Waals surface area contributed by atoms with Gasteiger partial charge >= 0.3 is 0 Å². The molecule has 1 aromatic rings. The third kappa shape index (κ3) is 3.41. The fraction of sp³-hybridized carbons (Fsp3) is 0.538. The van der Waals surface area contributed by atoms with Crippen molar-refractivity contribution in [1.29, 1.82) is 0 Å². The van der Waals surface area contributed by atoms with E-state index >= 15 is 0 Å². The summed E-state index contributed by atoms with van der Waals surface area (Å²) >= 11 is 0. The van der Waals surface area contributed by atoms with Crippen molar-refractivity contribution >= 4 is 11.4 Å². The van der Waals surface area contributed by atoms with Crippen LogP contribution in [0.1, 0.15) is 19.8 Å². The first-order valence-electron chi connectivity index (χ1n) is 6.50. The molecule has 0 amide bonds. The van der Waals surface area contributed by atoms with Gasteiger partial charge in [0.25, 0.3) is 5.69 Å². The average molecular weight is 267 g/mol. The summed E-state index contributed by atoms with van der Waals surface area (Å²) in [5.41, 5.74) is 0.158. The van der Waals surface area contributed by atoms with Gasteiger partial charge < -0.3 is 5.32 Å². The van der Waals surface area contributed by atoms with Gasteiger partial charge in [0.1, 0.15) is 11.5 Å². The summed E-state index contributed by atoms with van der Waals surface area (Å²) in [5.74, 6) is -0.593. The maximum atomic E-state index is 13.0. The summed E-state index contributed by atoms with van der Waals surface area (Å²) in [6.07, 6.45) is 2.42. The molecule has 1 atom stereocenters. The minimum Gasteiger partial charge on any atom is -0.378 e. The third-order valence-electron chi connectivity index (χ3n) is 3.51. The summed E-state index contributed by atoms with van der Waals surface area (Å²) in [7, 11) is 0. The standard InChI is InChI=1S/C13H18FN3O2/c1-10(16-6-2-3-7-16)9-15-12-5-4-11(14)8-13(12)17(18)19/h4-5,8,10,15H,2-3,6-7,9H2,1H3. The fourth-order valence-electron chi connectivity index (χ4n) is 2.37. The van der Waals surface area contributed by atoms with Crippen LogP contribution in [-0.4, -0.2) is 35.5 Å². The molecule has 1 fully saturated rings. The first-order chi connectivity index (χ1) is 9.08. The van der Waals surface area contributed by atoms with Crippen molar-refractivity contribution in [3.63, 3.8) is 0 Å². The first-order valence-corrected chi connectivity index (χ1v) is 6.50. The van der Waals surface area contributed by atoms with E-state index in [0.29, 0.717) is 18.3 Å². The van der Waals surface area contributed by atoms with E-state index in [9.17, 15) is 14.5 Å². The van der Waals surface area contributed by atoms with E-state index in [-0.39, 0.29) is 5.69 Å². The van der Waals surface area contributed by atoms with Crippen molar-refractivity contribution in [1.82, 2.24) is 4.90 Å². The smallest absolute Gasteiger partial charge is 0.295 e. The molecule has 0 aromatic heterocycles. The van der Waals surface area contributed by atoms with Crippen molar-refractivity contribution in [3.05, 3.63) is 34.1 Å². The topological polar surface area (TPSA) is 58.4 Å². The van der Waals surface area contributed by atoms with Gasteiger partial charge in [-0.2, -0.15) is 0 Å². The maximum Gasteiger partial charge on any atom is 0.295 e. The predicted octanol–water partition coefficient (Wildman–Crippen LogP) is 2.63. The Morgan fingerprint density at radius 3 is 2.79 bits per heavy atom. The molecule has 0 aliphatic carbocycles. The molecule has 0 saturated carbocycles. The van der Waals surface area contributed by atoms with E-state index in [0.717, 1.165) is 19.2 Å². The first kappa shape index (κ1) is 13.7. The number of halogens is 1. The van der Waals surface area contributed by atoms with Crippen LogP contribution >= 0.6 is 0 Å². The van der Waals surface area contributed by atoms with Gasteiger partial charge in [-0.25, -0.2) is 4.39 Å². The number of nitrogens with one attached hydrogen (secondary N) is 1. The molecule has 0 spiro atoms. The molecule has 5 nitrogen and oxygen atoms in total. The molecule has 0 bridgehead atoms. The van der Waals surface area contributed by atoms with Crippen LogP contribution in [0.3, 0.4) is 0 Å². The number of hydrogen-bond acceptors (Lipinski definition) is 4. The van der Waals surface area contributed by atoms with Crippen molar-refractivity contribution < 1.29 is 9.31 Å². The lowest BCUT2D eigenvalue weighted by molar-refractivity contribution is -0.384. The van der Waals surface area contributed by atoms with Gasteiger partial charge in [0.15, 0.2) is 0 Å². The van der Waals surface area contributed by atoms with Crippen molar-refractivity contribution in [2.45, 2.75) is 25.8 Å². The predicted molar refractivity (Wildman–Crippen MR) is 71.8 cm³/mol. The van der Waals surface area contributed by atoms with Gasteiger partial charge in [0, 0.05) is 12.6 Å². The van der Waals surface area contributed by atoms with Crippen LogP contribution in [0, 0.1) is 15.9 Å². The Bertz CT molecular complexity index is 461. The minimum absolute atomic E-state index is 0.214. The minimum atomic E-state index is -0.593. The summed E-state index contributed by atoms with van der Waals surface area (Å²) < 4.78 is 13.0. The molecular weight excluding hydrogens is 249 g/mol. The van der Waals surface area contributed by atoms with Crippen LogP contribution in [0.15, 0.2) is 18.2 Å². The van der Waals surface area contributed by atoms with E-state index in [2.05, 4.69) is 17.1 Å². The Labute approximate surface area is 111 Å². The quantitative estimate of drug-likeness (QED) is 0.658. The highest BCUT2D eigenvalue weighted by molar-refractivity contribution is 5.61. The lowest BCUT2D eigenvalue weighted by Crippen LogP contribution is -2.35. The molecule has 19 heavy (non-hydrogen) atoms. The molecular formula is C13H18FN3O2. The molecule has 0 radical (unpaired) electrons. The molecule has 104 valence electrons. The van der Waals surface area contributed by atoms with Gasteiger partial charge in [-0.15, -0.1) is 0 Å². The summed E-state index contributed by atoms with van der Waals surface area (Å²) in [5, 5.41) is 13.9. The average Bonchev–Trinajstić information content (AvgIpc) is 2.90. The van der Waals surface area contributed by atoms with Crippen molar-refractivity contribution in [2.75, 3.05) is 25.0 Å². The number of nitrogens with zero attached hydrogens (tertiary/aromatic N) is 2. The molecule has 1 heterocycles. The van der Waals surface area contributed by atoms with Crippen LogP contribution in [0.5, 0.6) is 0 Å². The molecule has 1 aromatic carbocycles. The second-order valence-electron chi connectivity index (χ2n) is 4.89. The number of anilines is 1. The van der Waals surface area contributed by atoms with Crippen LogP contribution in [-0.2, 0) is 0 Å². The van der Waals surface area contributed by atoms with Crippen molar-refractivity contribution in [3.8, 4) is 0 Å². The van der Waals surface area contributed by atoms with Crippen molar-refractivity contribution in [2.24, 2.45) is 0 Å². The Kier molecular flexibility index (Phi) is 4.31. The largest absolute Gasteiger partial charge is 0.378 e. The van der Waals surface area contributed by atoms with Gasteiger partial charge in [-0.05, 0) is 45.0 Å². The molecule has 1 unspecified atom stereocenters. The van der Waals surface area contributed by atoms with Gasteiger partial charge in [-0.3, -0.25) is 15.0 Å². The number of nitro groups is 1. The van der Waals surface area contributed by atoms with E-state index < -0.39 is 10.7 Å². The SMILES string of the molecule is CC(CNc1ccc(F)cc1[N+](=O)[O-])N1CCCC1. The van der Waals surface area contributed by atoms with E-state index in [4.69, 9.17) is 0 Å². The number of hydrogen-bond donors (Lipinski definition) is 1. The highest BCUT2D eigenvalue weighted by atomic mass is 19.1. The third-order valence-corrected chi connectivity index (χ3v) is 3.51. The molecule has 1 N–H and O–H groups in total. The summed E-state index contributed by atoms with van der Waals surface area (Å²) in [4.78, 5) is 12.6. The van der Waals surface area contributed by atoms with E-state index in [1.54, 1.807) is 0 Å². The second-order valence-corrected chi connectivity index (χ2v) is 4.89. The molecule has 6 heteroatoms. The van der Waals surface area contributed by atoms with Crippen LogP contribution < -0.4 is 5.32 Å². The van der Waals surface area contributed by atoms with E-state index in [1.807, 2.05) is 0 Å². The second kappa shape index (κ2) is 5.97. The van der Waals surface area contributed by atoms with Gasteiger partial charge in [0.05, 0.1) is 11.0 Å². The lowest BCUT2D eigenvalue weighted by atomic mass is 10.2. The monoisotopic (exact) mass is 267 g/mol. The summed E-state index contributed by atoms with van der Waals surface area (Å²) in [6, 6.07) is 3.91. The van der Waals surface area contributed by atoms with E-state index in [1.165, 1.54) is 25.0 Å². The molecule has 2 rings (SSSR count). The fourth-order valence-corrected chi connectivity index (χ4v) is 2.37. The van der Waals surface area contributed by atoms with Gasteiger partial charge in [-0.1, -0.05) is 0 Å². The Balaban J connectivity index is 2.00. The Hall–Kier alpha value is -1.69. The van der Waals surface area contributed by atoms with Gasteiger partial charge in [0.2, 0.25) is 0 Å². The molecule has 1 aliphatic rings. The summed E-state index contributed by atoms with van der Waals surface area (Å²) in [6.45, 7) is 4.86. The highest BCUT2D eigenvalue weighted by Gasteiger charge is 2.19. The number of likely N-dealkylation sites (tertiary alicyclic amines) is 1. The van der Waals surface area contributed by atoms with Crippen LogP contribution in [0.2, 0.25) is 0 Å². The van der Waals surface area contributed by atoms with Crippen LogP contribution in [0.25, 0.3) is 0 Å². The number of rotatable bonds is 5. The Morgan fingerprint density at radius 1 is 1.47 bits per heavy atom. The van der Waals surface area contributed by atoms with Crippen LogP contribution in [0.4, 0.5) is 15.8 Å². The molecule has 1 aliphatic heterocycles. The lowest BCUT2D eigenvalue weighted by Gasteiger charge is -2.24. The normalized spacial score (nSPS) is 17.4. The Morgan fingerprint density at radius 2 is 2.16 bits per heavy atom. The zero-order valence-electron chi connectivity index (χ0n) is 10.9. The zero-order valence-corrected chi connectivity index (χ0v) is 10.9.